The number of amides is 1. The van der Waals surface area contributed by atoms with E-state index in [1.165, 1.54) is 18.3 Å². The van der Waals surface area contributed by atoms with Gasteiger partial charge < -0.3 is 10.1 Å². The first-order valence-corrected chi connectivity index (χ1v) is 8.43. The highest BCUT2D eigenvalue weighted by molar-refractivity contribution is 7.12. The van der Waals surface area contributed by atoms with Gasteiger partial charge in [-0.1, -0.05) is 0 Å². The van der Waals surface area contributed by atoms with Gasteiger partial charge in [0.15, 0.2) is 5.78 Å². The first kappa shape index (κ1) is 17.1. The molecule has 1 fully saturated rings. The van der Waals surface area contributed by atoms with Crippen LogP contribution in [0.15, 0.2) is 11.4 Å². The van der Waals surface area contributed by atoms with Crippen LogP contribution in [-0.4, -0.2) is 55.0 Å². The van der Waals surface area contributed by atoms with Crippen molar-refractivity contribution in [2.45, 2.75) is 45.4 Å². The molecular weight excluding hydrogens is 300 g/mol. The number of carbonyl (C=O) groups excluding carboxylic acids is 2. The van der Waals surface area contributed by atoms with Gasteiger partial charge in [0.2, 0.25) is 5.91 Å². The zero-order valence-corrected chi connectivity index (χ0v) is 14.4. The van der Waals surface area contributed by atoms with Crippen molar-refractivity contribution in [3.05, 3.63) is 21.9 Å². The lowest BCUT2D eigenvalue weighted by Crippen LogP contribution is -2.44. The van der Waals surface area contributed by atoms with Crippen LogP contribution in [0.5, 0.6) is 0 Å². The van der Waals surface area contributed by atoms with Crippen LogP contribution in [-0.2, 0) is 16.0 Å². The van der Waals surface area contributed by atoms with E-state index in [2.05, 4.69) is 24.1 Å². The van der Waals surface area contributed by atoms with Crippen LogP contribution in [0.2, 0.25) is 0 Å². The quantitative estimate of drug-likeness (QED) is 0.810. The molecule has 1 amide bonds. The molecule has 1 aliphatic heterocycles. The number of likely N-dealkylation sites (tertiary alicyclic amines) is 1. The second-order valence-electron chi connectivity index (χ2n) is 6.05. The van der Waals surface area contributed by atoms with Gasteiger partial charge in [0.25, 0.3) is 0 Å². The fourth-order valence-electron chi connectivity index (χ4n) is 2.70. The molecule has 1 N–H and O–H groups in total. The molecule has 0 bridgehead atoms. The number of ether oxygens (including phenoxy) is 1. The monoisotopic (exact) mass is 324 g/mol. The van der Waals surface area contributed by atoms with Crippen molar-refractivity contribution < 1.29 is 14.3 Å². The van der Waals surface area contributed by atoms with E-state index in [0.717, 1.165) is 18.7 Å². The van der Waals surface area contributed by atoms with Crippen LogP contribution >= 0.6 is 11.3 Å². The first-order valence-electron chi connectivity index (χ1n) is 7.55. The molecule has 0 spiro atoms. The van der Waals surface area contributed by atoms with Crippen molar-refractivity contribution in [1.82, 2.24) is 10.2 Å². The van der Waals surface area contributed by atoms with Gasteiger partial charge in [0, 0.05) is 26.2 Å². The lowest BCUT2D eigenvalue weighted by Gasteiger charge is -2.20. The molecule has 0 radical (unpaired) electrons. The molecular formula is C16H24N2O3S. The molecule has 2 atom stereocenters. The van der Waals surface area contributed by atoms with Crippen LogP contribution < -0.4 is 5.32 Å². The Morgan fingerprint density at radius 3 is 2.73 bits per heavy atom. The Labute approximate surface area is 135 Å². The summed E-state index contributed by atoms with van der Waals surface area (Å²) >= 11 is 1.39. The second-order valence-corrected chi connectivity index (χ2v) is 6.96. The molecule has 122 valence electrons. The molecule has 5 nitrogen and oxygen atoms in total. The van der Waals surface area contributed by atoms with E-state index in [-0.39, 0.29) is 23.8 Å². The Bertz CT molecular complexity index is 541. The number of carbonyl (C=O) groups is 2. The number of Topliss-reactive ketones (excluding diaryl/α,β-unsaturated/α-hetero) is 1. The average Bonchev–Trinajstić information content (AvgIpc) is 3.05. The smallest absolute Gasteiger partial charge is 0.224 e. The summed E-state index contributed by atoms with van der Waals surface area (Å²) in [4.78, 5) is 26.5. The third-order valence-electron chi connectivity index (χ3n) is 4.04. The summed E-state index contributed by atoms with van der Waals surface area (Å²) in [6, 6.07) is 2.26. The van der Waals surface area contributed by atoms with Crippen LogP contribution in [0.4, 0.5) is 0 Å². The first-order chi connectivity index (χ1) is 10.4. The van der Waals surface area contributed by atoms with E-state index in [9.17, 15) is 9.59 Å². The zero-order valence-electron chi connectivity index (χ0n) is 13.6. The van der Waals surface area contributed by atoms with Crippen LogP contribution in [0.3, 0.4) is 0 Å². The van der Waals surface area contributed by atoms with Gasteiger partial charge in [-0.2, -0.15) is 0 Å². The predicted molar refractivity (Wildman–Crippen MR) is 87.5 cm³/mol. The van der Waals surface area contributed by atoms with Gasteiger partial charge in [0.1, 0.15) is 0 Å². The Hall–Kier alpha value is -1.24. The number of hydrogen-bond donors (Lipinski definition) is 1. The van der Waals surface area contributed by atoms with Gasteiger partial charge in [-0.25, -0.2) is 0 Å². The van der Waals surface area contributed by atoms with E-state index in [4.69, 9.17) is 4.74 Å². The molecule has 2 rings (SSSR count). The van der Waals surface area contributed by atoms with E-state index < -0.39 is 0 Å². The number of ketones is 1. The summed E-state index contributed by atoms with van der Waals surface area (Å²) in [7, 11) is 1.69. The minimum atomic E-state index is -0.0226. The maximum atomic E-state index is 12.2. The highest BCUT2D eigenvalue weighted by Gasteiger charge is 2.34. The molecule has 1 saturated heterocycles. The maximum absolute atomic E-state index is 12.2. The number of rotatable bonds is 6. The Balaban J connectivity index is 1.91. The molecule has 6 heteroatoms. The summed E-state index contributed by atoms with van der Waals surface area (Å²) < 4.78 is 5.49. The number of nitrogens with zero attached hydrogens (tertiary/aromatic N) is 1. The second kappa shape index (κ2) is 7.35. The average molecular weight is 324 g/mol. The van der Waals surface area contributed by atoms with Crippen molar-refractivity contribution in [3.63, 3.8) is 0 Å². The third-order valence-corrected chi connectivity index (χ3v) is 5.12. The van der Waals surface area contributed by atoms with Crippen molar-refractivity contribution in [1.29, 1.82) is 0 Å². The Morgan fingerprint density at radius 2 is 2.18 bits per heavy atom. The fraction of sp³-hybridized carbons (Fsp3) is 0.625. The van der Waals surface area contributed by atoms with Gasteiger partial charge in [0.05, 0.1) is 23.4 Å². The number of methoxy groups -OCH3 is 1. The standard InChI is InChI=1S/C16H24N2O3S/c1-10(2)18-7-13(14(8-18)21-4)17-16(20)6-12-5-15(11(3)19)22-9-12/h5,9-10,13-14H,6-8H2,1-4H3,(H,17,20). The van der Waals surface area contributed by atoms with Gasteiger partial charge >= 0.3 is 0 Å². The fourth-order valence-corrected chi connectivity index (χ4v) is 3.51. The lowest BCUT2D eigenvalue weighted by atomic mass is 10.1. The number of nitrogens with one attached hydrogen (secondary N) is 1. The highest BCUT2D eigenvalue weighted by atomic mass is 32.1. The zero-order chi connectivity index (χ0) is 16.3. The molecule has 22 heavy (non-hydrogen) atoms. The van der Waals surface area contributed by atoms with Gasteiger partial charge in [-0.3, -0.25) is 14.5 Å². The summed E-state index contributed by atoms with van der Waals surface area (Å²) in [6.07, 6.45) is 0.333. The minimum absolute atomic E-state index is 0.0193. The van der Waals surface area contributed by atoms with Crippen molar-refractivity contribution >= 4 is 23.0 Å². The molecule has 1 aromatic heterocycles. The molecule has 1 aliphatic rings. The lowest BCUT2D eigenvalue weighted by molar-refractivity contribution is -0.121. The number of hydrogen-bond acceptors (Lipinski definition) is 5. The summed E-state index contributed by atoms with van der Waals surface area (Å²) in [5.41, 5.74) is 0.889. The molecule has 1 aromatic rings. The topological polar surface area (TPSA) is 58.6 Å². The van der Waals surface area contributed by atoms with Crippen molar-refractivity contribution in [2.24, 2.45) is 0 Å². The van der Waals surface area contributed by atoms with E-state index >= 15 is 0 Å². The van der Waals surface area contributed by atoms with E-state index in [1.54, 1.807) is 13.2 Å². The molecule has 0 saturated carbocycles. The summed E-state index contributed by atoms with van der Waals surface area (Å²) in [5.74, 6) is 0.0185. The Morgan fingerprint density at radius 1 is 1.45 bits per heavy atom. The molecule has 2 unspecified atom stereocenters. The molecule has 0 aromatic carbocycles. The van der Waals surface area contributed by atoms with Crippen molar-refractivity contribution in [3.8, 4) is 0 Å². The van der Waals surface area contributed by atoms with Crippen molar-refractivity contribution in [2.75, 3.05) is 20.2 Å². The predicted octanol–water partition coefficient (Wildman–Crippen LogP) is 1.72. The Kier molecular flexibility index (Phi) is 5.72. The largest absolute Gasteiger partial charge is 0.378 e. The van der Waals surface area contributed by atoms with E-state index in [0.29, 0.717) is 17.3 Å². The van der Waals surface area contributed by atoms with E-state index in [1.807, 2.05) is 5.38 Å². The maximum Gasteiger partial charge on any atom is 0.224 e. The minimum Gasteiger partial charge on any atom is -0.378 e. The third kappa shape index (κ3) is 4.15. The summed E-state index contributed by atoms with van der Waals surface area (Å²) in [6.45, 7) is 7.48. The molecule has 2 heterocycles. The van der Waals surface area contributed by atoms with Crippen LogP contribution in [0.25, 0.3) is 0 Å². The summed E-state index contributed by atoms with van der Waals surface area (Å²) in [5, 5.41) is 4.94. The number of thiophene rings is 1. The van der Waals surface area contributed by atoms with Gasteiger partial charge in [-0.05, 0) is 37.8 Å². The van der Waals surface area contributed by atoms with Crippen LogP contribution in [0, 0.1) is 0 Å². The normalized spacial score (nSPS) is 22.2. The SMILES string of the molecule is COC1CN(C(C)C)CC1NC(=O)Cc1csc(C(C)=O)c1. The van der Waals surface area contributed by atoms with Crippen LogP contribution in [0.1, 0.15) is 36.0 Å². The molecule has 0 aliphatic carbocycles. The van der Waals surface area contributed by atoms with Gasteiger partial charge in [-0.15, -0.1) is 11.3 Å². The highest BCUT2D eigenvalue weighted by Crippen LogP contribution is 2.18.